The van der Waals surface area contributed by atoms with Crippen LogP contribution in [0, 0.1) is 0 Å². The zero-order valence-electron chi connectivity index (χ0n) is 17.3. The van der Waals surface area contributed by atoms with Crippen LogP contribution in [0.25, 0.3) is 0 Å². The molecule has 0 aromatic heterocycles. The van der Waals surface area contributed by atoms with Crippen molar-refractivity contribution in [2.24, 2.45) is 5.16 Å². The zero-order valence-corrected chi connectivity index (χ0v) is 17.3. The van der Waals surface area contributed by atoms with E-state index in [1.165, 1.54) is 11.0 Å². The molecule has 1 atom stereocenters. The first kappa shape index (κ1) is 22.5. The monoisotopic (exact) mass is 435 g/mol. The zero-order chi connectivity index (χ0) is 22.4. The Morgan fingerprint density at radius 3 is 2.65 bits per heavy atom. The quantitative estimate of drug-likeness (QED) is 0.700. The molecule has 1 aliphatic heterocycles. The molecule has 6 nitrogen and oxygen atoms in total. The molecule has 0 fully saturated rings. The van der Waals surface area contributed by atoms with Gasteiger partial charge in [0.05, 0.1) is 24.9 Å². The van der Waals surface area contributed by atoms with Crippen LogP contribution in [0.1, 0.15) is 30.0 Å². The average molecular weight is 435 g/mol. The lowest BCUT2D eigenvalue weighted by molar-refractivity contribution is -0.137. The Morgan fingerprint density at radius 2 is 2.00 bits per heavy atom. The van der Waals surface area contributed by atoms with Crippen molar-refractivity contribution in [3.8, 4) is 5.75 Å². The van der Waals surface area contributed by atoms with E-state index in [1.54, 1.807) is 20.1 Å². The van der Waals surface area contributed by atoms with Gasteiger partial charge in [-0.05, 0) is 54.4 Å². The normalized spacial score (nSPS) is 15.8. The second-order valence-electron chi connectivity index (χ2n) is 7.11. The first-order chi connectivity index (χ1) is 14.8. The van der Waals surface area contributed by atoms with Gasteiger partial charge in [-0.3, -0.25) is 0 Å². The number of nitrogens with one attached hydrogen (secondary N) is 1. The molecule has 1 aliphatic rings. The number of carbonyl (C=O) groups is 1. The molecule has 0 saturated heterocycles. The molecule has 2 amide bonds. The fraction of sp³-hybridized carbons (Fsp3) is 0.364. The number of amides is 2. The van der Waals surface area contributed by atoms with Gasteiger partial charge < -0.3 is 19.8 Å². The molecule has 2 aromatic carbocycles. The fourth-order valence-corrected chi connectivity index (χ4v) is 3.27. The summed E-state index contributed by atoms with van der Waals surface area (Å²) in [6.07, 6.45) is -4.36. The Kier molecular flexibility index (Phi) is 7.04. The molecule has 3 rings (SSSR count). The Balaban J connectivity index is 1.68. The van der Waals surface area contributed by atoms with Crippen LogP contribution >= 0.6 is 0 Å². The summed E-state index contributed by atoms with van der Waals surface area (Å²) in [6, 6.07) is 12.0. The highest BCUT2D eigenvalue weighted by Gasteiger charge is 2.31. The van der Waals surface area contributed by atoms with Crippen molar-refractivity contribution in [1.29, 1.82) is 0 Å². The van der Waals surface area contributed by atoms with Gasteiger partial charge in [0.2, 0.25) is 0 Å². The van der Waals surface area contributed by atoms with Crippen LogP contribution in [0.5, 0.6) is 5.75 Å². The standard InChI is InChI=1S/C22H24F3N3O3/c1-3-26-21(29)28(13-15-5-4-6-17(11-15)22(23,24)25)14-19-12-20(27-31-19)16-7-9-18(30-2)10-8-16/h4-11,19H,3,12-14H2,1-2H3,(H,26,29)/t19-/m1/s1. The van der Waals surface area contributed by atoms with E-state index in [1.807, 2.05) is 24.3 Å². The maximum absolute atomic E-state index is 13.0. The lowest BCUT2D eigenvalue weighted by Gasteiger charge is -2.25. The van der Waals surface area contributed by atoms with Crippen molar-refractivity contribution in [1.82, 2.24) is 10.2 Å². The van der Waals surface area contributed by atoms with E-state index in [2.05, 4.69) is 10.5 Å². The number of ether oxygens (including phenoxy) is 1. The van der Waals surface area contributed by atoms with Gasteiger partial charge in [-0.15, -0.1) is 0 Å². The number of halogens is 3. The molecule has 166 valence electrons. The summed E-state index contributed by atoms with van der Waals surface area (Å²) in [6.45, 7) is 2.38. The molecule has 0 spiro atoms. The Hall–Kier alpha value is -3.23. The van der Waals surface area contributed by atoms with Crippen molar-refractivity contribution < 1.29 is 27.5 Å². The van der Waals surface area contributed by atoms with Gasteiger partial charge in [0.1, 0.15) is 5.75 Å². The van der Waals surface area contributed by atoms with E-state index < -0.39 is 17.8 Å². The molecule has 31 heavy (non-hydrogen) atoms. The van der Waals surface area contributed by atoms with E-state index in [9.17, 15) is 18.0 Å². The van der Waals surface area contributed by atoms with Crippen LogP contribution in [-0.2, 0) is 17.6 Å². The number of methoxy groups -OCH3 is 1. The molecule has 0 radical (unpaired) electrons. The van der Waals surface area contributed by atoms with E-state index in [4.69, 9.17) is 9.57 Å². The highest BCUT2D eigenvalue weighted by Crippen LogP contribution is 2.30. The summed E-state index contributed by atoms with van der Waals surface area (Å²) < 4.78 is 44.2. The van der Waals surface area contributed by atoms with Crippen molar-refractivity contribution >= 4 is 11.7 Å². The topological polar surface area (TPSA) is 63.2 Å². The first-order valence-corrected chi connectivity index (χ1v) is 9.86. The fourth-order valence-electron chi connectivity index (χ4n) is 3.27. The Labute approximate surface area is 178 Å². The molecule has 1 heterocycles. The van der Waals surface area contributed by atoms with Crippen molar-refractivity contribution in [2.45, 2.75) is 32.2 Å². The number of urea groups is 1. The third-order valence-corrected chi connectivity index (χ3v) is 4.82. The number of oxime groups is 1. The van der Waals surface area contributed by atoms with Gasteiger partial charge in [-0.1, -0.05) is 17.3 Å². The van der Waals surface area contributed by atoms with Crippen LogP contribution in [0.2, 0.25) is 0 Å². The molecule has 0 aliphatic carbocycles. The predicted molar refractivity (Wildman–Crippen MR) is 110 cm³/mol. The summed E-state index contributed by atoms with van der Waals surface area (Å²) in [5.41, 5.74) is 1.26. The van der Waals surface area contributed by atoms with Crippen LogP contribution in [0.3, 0.4) is 0 Å². The summed E-state index contributed by atoms with van der Waals surface area (Å²) in [5, 5.41) is 6.82. The highest BCUT2D eigenvalue weighted by atomic mass is 19.4. The molecular weight excluding hydrogens is 411 g/mol. The molecule has 0 unspecified atom stereocenters. The summed E-state index contributed by atoms with van der Waals surface area (Å²) in [7, 11) is 1.58. The van der Waals surface area contributed by atoms with Gasteiger partial charge in [-0.2, -0.15) is 13.2 Å². The number of carbonyl (C=O) groups excluding carboxylic acids is 1. The Bertz CT molecular complexity index is 930. The SMILES string of the molecule is CCNC(=O)N(Cc1cccc(C(F)(F)F)c1)C[C@H]1CC(c2ccc(OC)cc2)=NO1. The number of hydrogen-bond donors (Lipinski definition) is 1. The second kappa shape index (κ2) is 9.72. The summed E-state index contributed by atoms with van der Waals surface area (Å²) >= 11 is 0. The number of hydrogen-bond acceptors (Lipinski definition) is 4. The maximum atomic E-state index is 13.0. The van der Waals surface area contributed by atoms with Crippen molar-refractivity contribution in [3.05, 3.63) is 65.2 Å². The minimum Gasteiger partial charge on any atom is -0.497 e. The van der Waals surface area contributed by atoms with Crippen molar-refractivity contribution in [2.75, 3.05) is 20.2 Å². The van der Waals surface area contributed by atoms with Gasteiger partial charge in [0.15, 0.2) is 6.10 Å². The Morgan fingerprint density at radius 1 is 1.26 bits per heavy atom. The summed E-state index contributed by atoms with van der Waals surface area (Å²) in [4.78, 5) is 19.5. The first-order valence-electron chi connectivity index (χ1n) is 9.86. The van der Waals surface area contributed by atoms with E-state index >= 15 is 0 Å². The lowest BCUT2D eigenvalue weighted by atomic mass is 10.0. The van der Waals surface area contributed by atoms with E-state index in [-0.39, 0.29) is 19.1 Å². The molecule has 9 heteroatoms. The number of alkyl halides is 3. The van der Waals surface area contributed by atoms with E-state index in [0.717, 1.165) is 29.2 Å². The minimum atomic E-state index is -4.44. The largest absolute Gasteiger partial charge is 0.497 e. The van der Waals surface area contributed by atoms with Gasteiger partial charge in [0.25, 0.3) is 0 Å². The molecule has 0 saturated carbocycles. The van der Waals surface area contributed by atoms with Crippen LogP contribution in [0.15, 0.2) is 53.7 Å². The van der Waals surface area contributed by atoms with Gasteiger partial charge in [-0.25, -0.2) is 4.79 Å². The maximum Gasteiger partial charge on any atom is 0.416 e. The average Bonchev–Trinajstić information content (AvgIpc) is 3.22. The van der Waals surface area contributed by atoms with Crippen LogP contribution in [-0.4, -0.2) is 42.9 Å². The molecule has 2 aromatic rings. The van der Waals surface area contributed by atoms with Gasteiger partial charge >= 0.3 is 12.2 Å². The summed E-state index contributed by atoms with van der Waals surface area (Å²) in [5.74, 6) is 0.725. The second-order valence-corrected chi connectivity index (χ2v) is 7.11. The smallest absolute Gasteiger partial charge is 0.416 e. The van der Waals surface area contributed by atoms with Crippen LogP contribution in [0.4, 0.5) is 18.0 Å². The number of rotatable bonds is 7. The van der Waals surface area contributed by atoms with Crippen LogP contribution < -0.4 is 10.1 Å². The molecule has 1 N–H and O–H groups in total. The molecular formula is C22H24F3N3O3. The highest BCUT2D eigenvalue weighted by molar-refractivity contribution is 6.01. The third-order valence-electron chi connectivity index (χ3n) is 4.82. The van der Waals surface area contributed by atoms with E-state index in [0.29, 0.717) is 18.5 Å². The third kappa shape index (κ3) is 5.90. The lowest BCUT2D eigenvalue weighted by Crippen LogP contribution is -2.43. The minimum absolute atomic E-state index is 0.0213. The predicted octanol–water partition coefficient (Wildman–Crippen LogP) is 4.44. The molecule has 0 bridgehead atoms. The van der Waals surface area contributed by atoms with Gasteiger partial charge in [0, 0.05) is 19.5 Å². The number of nitrogens with zero attached hydrogens (tertiary/aromatic N) is 2. The number of benzene rings is 2. The van der Waals surface area contributed by atoms with Crippen molar-refractivity contribution in [3.63, 3.8) is 0 Å².